The van der Waals surface area contributed by atoms with Gasteiger partial charge in [0.1, 0.15) is 0 Å². The van der Waals surface area contributed by atoms with Gasteiger partial charge in [-0.2, -0.15) is 5.10 Å². The van der Waals surface area contributed by atoms with Crippen LogP contribution in [0.2, 0.25) is 0 Å². The summed E-state index contributed by atoms with van der Waals surface area (Å²) in [6.45, 7) is 9.03. The number of hydrogen-bond acceptors (Lipinski definition) is 3. The molecule has 4 heteroatoms. The van der Waals surface area contributed by atoms with E-state index in [0.29, 0.717) is 6.54 Å². The first-order valence-corrected chi connectivity index (χ1v) is 5.72. The van der Waals surface area contributed by atoms with Crippen molar-refractivity contribution in [3.63, 3.8) is 0 Å². The molecule has 0 aliphatic rings. The fraction of sp³-hybridized carbons (Fsp3) is 0.750. The summed E-state index contributed by atoms with van der Waals surface area (Å²) in [6.07, 6.45) is 0. The molecule has 4 nitrogen and oxygen atoms in total. The molecule has 0 unspecified atom stereocenters. The summed E-state index contributed by atoms with van der Waals surface area (Å²) in [5, 5.41) is 4.35. The highest BCUT2D eigenvalue weighted by atomic mass is 15.3. The van der Waals surface area contributed by atoms with E-state index < -0.39 is 0 Å². The highest BCUT2D eigenvalue weighted by Gasteiger charge is 2.18. The Kier molecular flexibility index (Phi) is 4.10. The van der Waals surface area contributed by atoms with E-state index in [4.69, 9.17) is 5.73 Å². The molecule has 0 aliphatic heterocycles. The molecule has 0 spiro atoms. The number of nitrogens with zero attached hydrogens (tertiary/aromatic N) is 3. The lowest BCUT2D eigenvalue weighted by Crippen LogP contribution is -2.36. The second-order valence-corrected chi connectivity index (χ2v) is 5.44. The third kappa shape index (κ3) is 3.61. The summed E-state index contributed by atoms with van der Waals surface area (Å²) in [6, 6.07) is 2.13. The smallest absolute Gasteiger partial charge is 0.0597 e. The standard InChI is InChI=1S/C12H24N4/c1-10-6-11(16(5)14-10)7-15(4)9-12(2,3)8-13/h6H,7-9,13H2,1-5H3. The average Bonchev–Trinajstić information content (AvgIpc) is 2.44. The topological polar surface area (TPSA) is 47.1 Å². The van der Waals surface area contributed by atoms with Gasteiger partial charge in [0.05, 0.1) is 11.4 Å². The number of rotatable bonds is 5. The van der Waals surface area contributed by atoms with Crippen molar-refractivity contribution in [1.29, 1.82) is 0 Å². The predicted octanol–water partition coefficient (Wildman–Crippen LogP) is 1.15. The Bertz CT molecular complexity index is 341. The van der Waals surface area contributed by atoms with Crippen LogP contribution in [0.15, 0.2) is 6.07 Å². The van der Waals surface area contributed by atoms with Crippen LogP contribution < -0.4 is 5.73 Å². The van der Waals surface area contributed by atoms with Crippen LogP contribution in [0.3, 0.4) is 0 Å². The summed E-state index contributed by atoms with van der Waals surface area (Å²) in [5.41, 5.74) is 8.22. The normalized spacial score (nSPS) is 12.4. The van der Waals surface area contributed by atoms with Gasteiger partial charge >= 0.3 is 0 Å². The Morgan fingerprint density at radius 3 is 2.56 bits per heavy atom. The first-order chi connectivity index (χ1) is 7.34. The highest BCUT2D eigenvalue weighted by Crippen LogP contribution is 2.15. The van der Waals surface area contributed by atoms with Crippen molar-refractivity contribution in [2.45, 2.75) is 27.3 Å². The molecule has 0 bridgehead atoms. The first kappa shape index (κ1) is 13.2. The minimum Gasteiger partial charge on any atom is -0.330 e. The van der Waals surface area contributed by atoms with Gasteiger partial charge in [-0.3, -0.25) is 9.58 Å². The van der Waals surface area contributed by atoms with Crippen LogP contribution in [0.5, 0.6) is 0 Å². The van der Waals surface area contributed by atoms with Crippen molar-refractivity contribution in [1.82, 2.24) is 14.7 Å². The van der Waals surface area contributed by atoms with Gasteiger partial charge < -0.3 is 5.73 Å². The summed E-state index contributed by atoms with van der Waals surface area (Å²) in [7, 11) is 4.12. The molecule has 2 N–H and O–H groups in total. The predicted molar refractivity (Wildman–Crippen MR) is 67.1 cm³/mol. The van der Waals surface area contributed by atoms with Gasteiger partial charge in [-0.1, -0.05) is 13.8 Å². The average molecular weight is 224 g/mol. The molecule has 1 rings (SSSR count). The van der Waals surface area contributed by atoms with Crippen LogP contribution in [0.1, 0.15) is 25.2 Å². The summed E-state index contributed by atoms with van der Waals surface area (Å²) in [4.78, 5) is 2.29. The molecule has 1 aromatic rings. The second-order valence-electron chi connectivity index (χ2n) is 5.44. The third-order valence-corrected chi connectivity index (χ3v) is 2.78. The molecule has 0 radical (unpaired) electrons. The minimum absolute atomic E-state index is 0.169. The SMILES string of the molecule is Cc1cc(CN(C)CC(C)(C)CN)n(C)n1. The zero-order valence-electron chi connectivity index (χ0n) is 11.1. The molecule has 1 aromatic heterocycles. The van der Waals surface area contributed by atoms with Crippen LogP contribution in [0.25, 0.3) is 0 Å². The number of nitrogens with two attached hydrogens (primary N) is 1. The molecule has 0 saturated carbocycles. The number of hydrogen-bond donors (Lipinski definition) is 1. The number of aromatic nitrogens is 2. The van der Waals surface area contributed by atoms with E-state index >= 15 is 0 Å². The molecule has 16 heavy (non-hydrogen) atoms. The van der Waals surface area contributed by atoms with E-state index in [1.807, 2.05) is 18.7 Å². The minimum atomic E-state index is 0.169. The van der Waals surface area contributed by atoms with Crippen LogP contribution in [0, 0.1) is 12.3 Å². The molecule has 0 aromatic carbocycles. The largest absolute Gasteiger partial charge is 0.330 e. The van der Waals surface area contributed by atoms with Gasteiger partial charge in [0, 0.05) is 20.1 Å². The Labute approximate surface area is 98.4 Å². The van der Waals surface area contributed by atoms with Crippen molar-refractivity contribution in [2.75, 3.05) is 20.1 Å². The van der Waals surface area contributed by atoms with Gasteiger partial charge in [0.2, 0.25) is 0 Å². The lowest BCUT2D eigenvalue weighted by molar-refractivity contribution is 0.206. The highest BCUT2D eigenvalue weighted by molar-refractivity contribution is 5.08. The molecule has 0 atom stereocenters. The van der Waals surface area contributed by atoms with Crippen molar-refractivity contribution in [2.24, 2.45) is 18.2 Å². The van der Waals surface area contributed by atoms with Crippen LogP contribution >= 0.6 is 0 Å². The molecule has 0 fully saturated rings. The van der Waals surface area contributed by atoms with Crippen molar-refractivity contribution in [3.8, 4) is 0 Å². The molecule has 0 amide bonds. The monoisotopic (exact) mass is 224 g/mol. The lowest BCUT2D eigenvalue weighted by Gasteiger charge is -2.28. The quantitative estimate of drug-likeness (QED) is 0.816. The van der Waals surface area contributed by atoms with Crippen LogP contribution in [0.4, 0.5) is 0 Å². The first-order valence-electron chi connectivity index (χ1n) is 5.72. The van der Waals surface area contributed by atoms with Crippen molar-refractivity contribution < 1.29 is 0 Å². The van der Waals surface area contributed by atoms with E-state index in [1.165, 1.54) is 5.69 Å². The fourth-order valence-electron chi connectivity index (χ4n) is 1.94. The molecule has 0 aliphatic carbocycles. The summed E-state index contributed by atoms with van der Waals surface area (Å²) >= 11 is 0. The summed E-state index contributed by atoms with van der Waals surface area (Å²) in [5.74, 6) is 0. The number of aryl methyl sites for hydroxylation is 2. The van der Waals surface area contributed by atoms with E-state index in [2.05, 4.69) is 37.0 Å². The molecule has 1 heterocycles. The van der Waals surface area contributed by atoms with Gasteiger partial charge in [-0.05, 0) is 32.0 Å². The fourth-order valence-corrected chi connectivity index (χ4v) is 1.94. The van der Waals surface area contributed by atoms with Gasteiger partial charge in [0.25, 0.3) is 0 Å². The third-order valence-electron chi connectivity index (χ3n) is 2.78. The Morgan fingerprint density at radius 2 is 2.12 bits per heavy atom. The van der Waals surface area contributed by atoms with Crippen molar-refractivity contribution >= 4 is 0 Å². The Morgan fingerprint density at radius 1 is 1.50 bits per heavy atom. The molecular weight excluding hydrogens is 200 g/mol. The van der Waals surface area contributed by atoms with E-state index in [0.717, 1.165) is 18.8 Å². The zero-order valence-corrected chi connectivity index (χ0v) is 11.1. The van der Waals surface area contributed by atoms with Crippen molar-refractivity contribution in [3.05, 3.63) is 17.5 Å². The summed E-state index contributed by atoms with van der Waals surface area (Å²) < 4.78 is 1.95. The molecular formula is C12H24N4. The Balaban J connectivity index is 2.58. The zero-order chi connectivity index (χ0) is 12.3. The van der Waals surface area contributed by atoms with Crippen LogP contribution in [-0.2, 0) is 13.6 Å². The van der Waals surface area contributed by atoms with Gasteiger partial charge in [-0.25, -0.2) is 0 Å². The molecule has 92 valence electrons. The van der Waals surface area contributed by atoms with Gasteiger partial charge in [0.15, 0.2) is 0 Å². The van der Waals surface area contributed by atoms with Crippen LogP contribution in [-0.4, -0.2) is 34.8 Å². The van der Waals surface area contributed by atoms with Gasteiger partial charge in [-0.15, -0.1) is 0 Å². The Hall–Kier alpha value is -0.870. The van der Waals surface area contributed by atoms with E-state index in [1.54, 1.807) is 0 Å². The second kappa shape index (κ2) is 4.97. The van der Waals surface area contributed by atoms with E-state index in [9.17, 15) is 0 Å². The maximum absolute atomic E-state index is 5.74. The maximum atomic E-state index is 5.74. The molecule has 0 saturated heterocycles. The van der Waals surface area contributed by atoms with E-state index in [-0.39, 0.29) is 5.41 Å². The maximum Gasteiger partial charge on any atom is 0.0597 e. The lowest BCUT2D eigenvalue weighted by atomic mass is 9.93.